The summed E-state index contributed by atoms with van der Waals surface area (Å²) in [4.78, 5) is 0. The van der Waals surface area contributed by atoms with Gasteiger partial charge in [-0.2, -0.15) is 0 Å². The number of hydrogen-bond donors (Lipinski definition) is 1. The normalized spacial score (nSPS) is 24.7. The van der Waals surface area contributed by atoms with Crippen LogP contribution in [0.5, 0.6) is 0 Å². The smallest absolute Gasteiger partial charge is 0.192 e. The molecule has 146 valence electrons. The van der Waals surface area contributed by atoms with Gasteiger partial charge in [0.2, 0.25) is 0 Å². The van der Waals surface area contributed by atoms with Gasteiger partial charge in [-0.25, -0.2) is 0 Å². The summed E-state index contributed by atoms with van der Waals surface area (Å²) in [6, 6.07) is 10.9. The molecule has 0 radical (unpaired) electrons. The van der Waals surface area contributed by atoms with E-state index in [1.807, 2.05) is 0 Å². The van der Waals surface area contributed by atoms with Gasteiger partial charge in [0.05, 0.1) is 34.0 Å². The Hall–Kier alpha value is -1.14. The molecule has 0 bridgehead atoms. The fraction of sp³-hybridized carbons (Fsp3) is 0.545. The van der Waals surface area contributed by atoms with Crippen LogP contribution in [0.25, 0.3) is 21.1 Å². The number of aliphatic hydroxyl groups excluding tert-OH is 1. The first-order valence-electron chi connectivity index (χ1n) is 10.0. The van der Waals surface area contributed by atoms with Crippen LogP contribution in [0.15, 0.2) is 35.7 Å². The molecular formula is C22H31NO2SSi. The summed E-state index contributed by atoms with van der Waals surface area (Å²) in [5.74, 6) is 0. The second-order valence-electron chi connectivity index (χ2n) is 9.43. The number of rotatable bonds is 3. The van der Waals surface area contributed by atoms with E-state index in [0.29, 0.717) is 0 Å². The molecule has 27 heavy (non-hydrogen) atoms. The van der Waals surface area contributed by atoms with E-state index in [-0.39, 0.29) is 17.2 Å². The molecule has 1 aliphatic carbocycles. The molecule has 1 aromatic carbocycles. The molecule has 2 aromatic heterocycles. The predicted molar refractivity (Wildman–Crippen MR) is 118 cm³/mol. The molecule has 0 amide bonds. The van der Waals surface area contributed by atoms with Gasteiger partial charge < -0.3 is 14.1 Å². The first kappa shape index (κ1) is 19.2. The van der Waals surface area contributed by atoms with Crippen molar-refractivity contribution in [3.05, 3.63) is 35.7 Å². The maximum Gasteiger partial charge on any atom is 0.192 e. The molecule has 3 nitrogen and oxygen atoms in total. The van der Waals surface area contributed by atoms with Gasteiger partial charge in [-0.15, -0.1) is 11.3 Å². The third-order valence-corrected chi connectivity index (χ3v) is 12.1. The quantitative estimate of drug-likeness (QED) is 0.520. The van der Waals surface area contributed by atoms with Crippen LogP contribution in [0.3, 0.4) is 0 Å². The number of aromatic nitrogens is 1. The van der Waals surface area contributed by atoms with Gasteiger partial charge in [0, 0.05) is 5.39 Å². The highest BCUT2D eigenvalue weighted by Gasteiger charge is 2.43. The number of para-hydroxylation sites is 1. The third-order valence-electron chi connectivity index (χ3n) is 6.66. The number of thiophene rings is 1. The zero-order valence-corrected chi connectivity index (χ0v) is 18.8. The molecule has 1 N–H and O–H groups in total. The van der Waals surface area contributed by atoms with E-state index in [4.69, 9.17) is 4.43 Å². The van der Waals surface area contributed by atoms with Gasteiger partial charge in [-0.3, -0.25) is 0 Å². The highest BCUT2D eigenvalue weighted by atomic mass is 32.1. The van der Waals surface area contributed by atoms with Crippen molar-refractivity contribution in [3.8, 4) is 0 Å². The van der Waals surface area contributed by atoms with Crippen LogP contribution in [-0.4, -0.2) is 30.2 Å². The van der Waals surface area contributed by atoms with Crippen LogP contribution in [-0.2, 0) is 4.43 Å². The van der Waals surface area contributed by atoms with Gasteiger partial charge in [-0.1, -0.05) is 39.0 Å². The summed E-state index contributed by atoms with van der Waals surface area (Å²) in [6.45, 7) is 11.4. The Bertz CT molecular complexity index is 952. The first-order chi connectivity index (χ1) is 12.7. The van der Waals surface area contributed by atoms with Crippen molar-refractivity contribution in [2.75, 3.05) is 0 Å². The summed E-state index contributed by atoms with van der Waals surface area (Å²) >= 11 is 1.79. The SMILES string of the molecule is CC(C)(C)[Si](C)(C)OC1CCC[C@H](n2c3ccccc3c3sccc32)[C@H]1O. The van der Waals surface area contributed by atoms with Crippen molar-refractivity contribution in [1.29, 1.82) is 0 Å². The summed E-state index contributed by atoms with van der Waals surface area (Å²) in [5.41, 5.74) is 2.48. The highest BCUT2D eigenvalue weighted by Crippen LogP contribution is 2.43. The number of aliphatic hydroxyl groups is 1. The van der Waals surface area contributed by atoms with E-state index in [1.54, 1.807) is 11.3 Å². The van der Waals surface area contributed by atoms with Crippen LogP contribution in [0, 0.1) is 0 Å². The largest absolute Gasteiger partial charge is 0.411 e. The number of fused-ring (bicyclic) bond motifs is 3. The molecule has 0 saturated heterocycles. The van der Waals surface area contributed by atoms with E-state index in [1.165, 1.54) is 21.1 Å². The molecule has 2 heterocycles. The second kappa shape index (κ2) is 6.73. The van der Waals surface area contributed by atoms with Crippen LogP contribution in [0.1, 0.15) is 46.1 Å². The van der Waals surface area contributed by atoms with Crippen molar-refractivity contribution in [2.45, 2.75) is 76.4 Å². The van der Waals surface area contributed by atoms with Crippen LogP contribution >= 0.6 is 11.3 Å². The molecule has 0 aliphatic heterocycles. The molecule has 1 unspecified atom stereocenters. The summed E-state index contributed by atoms with van der Waals surface area (Å²) in [6.07, 6.45) is 2.52. The molecule has 1 aliphatic rings. The topological polar surface area (TPSA) is 34.4 Å². The number of benzene rings is 1. The lowest BCUT2D eigenvalue weighted by Gasteiger charge is -2.44. The van der Waals surface area contributed by atoms with Crippen LogP contribution in [0.2, 0.25) is 18.1 Å². The van der Waals surface area contributed by atoms with Crippen molar-refractivity contribution < 1.29 is 9.53 Å². The lowest BCUT2D eigenvalue weighted by Crippen LogP contribution is -2.50. The van der Waals surface area contributed by atoms with E-state index < -0.39 is 14.4 Å². The zero-order valence-electron chi connectivity index (χ0n) is 17.0. The van der Waals surface area contributed by atoms with Crippen molar-refractivity contribution in [3.63, 3.8) is 0 Å². The van der Waals surface area contributed by atoms with E-state index in [0.717, 1.165) is 19.3 Å². The lowest BCUT2D eigenvalue weighted by atomic mass is 9.89. The van der Waals surface area contributed by atoms with Gasteiger partial charge in [0.25, 0.3) is 0 Å². The Balaban J connectivity index is 1.72. The fourth-order valence-electron chi connectivity index (χ4n) is 4.14. The van der Waals surface area contributed by atoms with Crippen LogP contribution in [0.4, 0.5) is 0 Å². The number of hydrogen-bond acceptors (Lipinski definition) is 3. The Morgan fingerprint density at radius 1 is 1.11 bits per heavy atom. The predicted octanol–water partition coefficient (Wildman–Crippen LogP) is 6.33. The molecule has 5 heteroatoms. The van der Waals surface area contributed by atoms with Gasteiger partial charge >= 0.3 is 0 Å². The Morgan fingerprint density at radius 2 is 1.85 bits per heavy atom. The monoisotopic (exact) mass is 401 g/mol. The molecule has 1 fully saturated rings. The average Bonchev–Trinajstić information content (AvgIpc) is 3.17. The molecule has 0 spiro atoms. The molecular weight excluding hydrogens is 370 g/mol. The minimum Gasteiger partial charge on any atom is -0.411 e. The summed E-state index contributed by atoms with van der Waals surface area (Å²) in [7, 11) is -1.91. The van der Waals surface area contributed by atoms with Crippen LogP contribution < -0.4 is 0 Å². The fourth-order valence-corrected chi connectivity index (χ4v) is 6.43. The van der Waals surface area contributed by atoms with E-state index >= 15 is 0 Å². The Labute approximate surface area is 167 Å². The van der Waals surface area contributed by atoms with Crippen molar-refractivity contribution >= 4 is 40.8 Å². The molecule has 4 rings (SSSR count). The summed E-state index contributed by atoms with van der Waals surface area (Å²) in [5, 5.41) is 15.0. The Kier molecular flexibility index (Phi) is 4.78. The van der Waals surface area contributed by atoms with E-state index in [9.17, 15) is 5.11 Å². The van der Waals surface area contributed by atoms with Gasteiger partial charge in [0.15, 0.2) is 8.32 Å². The number of nitrogens with zero attached hydrogens (tertiary/aromatic N) is 1. The van der Waals surface area contributed by atoms with Gasteiger partial charge in [0.1, 0.15) is 0 Å². The van der Waals surface area contributed by atoms with E-state index in [2.05, 4.69) is 74.1 Å². The lowest BCUT2D eigenvalue weighted by molar-refractivity contribution is -0.0304. The minimum atomic E-state index is -1.91. The standard InChI is InChI=1S/C22H31NO2SSi/c1-22(2,3)27(4,5)25-19-12-8-11-17(20(19)24)23-16-10-7-6-9-15(16)21-18(23)13-14-26-21/h6-7,9-10,13-14,17,19-20,24H,8,11-12H2,1-5H3/t17-,19?,20+/m0/s1. The minimum absolute atomic E-state index is 0.0699. The third kappa shape index (κ3) is 3.18. The first-order valence-corrected chi connectivity index (χ1v) is 13.8. The molecule has 1 saturated carbocycles. The summed E-state index contributed by atoms with van der Waals surface area (Å²) < 4.78 is 10.4. The van der Waals surface area contributed by atoms with Gasteiger partial charge in [-0.05, 0) is 54.9 Å². The molecule has 3 atom stereocenters. The maximum absolute atomic E-state index is 11.4. The average molecular weight is 402 g/mol. The zero-order chi connectivity index (χ0) is 19.4. The second-order valence-corrected chi connectivity index (χ2v) is 15.1. The highest BCUT2D eigenvalue weighted by molar-refractivity contribution is 7.18. The Morgan fingerprint density at radius 3 is 2.59 bits per heavy atom. The maximum atomic E-state index is 11.4. The van der Waals surface area contributed by atoms with Crippen molar-refractivity contribution in [1.82, 2.24) is 4.57 Å². The van der Waals surface area contributed by atoms with Crippen molar-refractivity contribution in [2.24, 2.45) is 0 Å². The molecule has 3 aromatic rings.